The van der Waals surface area contributed by atoms with Gasteiger partial charge in [-0.3, -0.25) is 9.78 Å². The third kappa shape index (κ3) is 3.80. The van der Waals surface area contributed by atoms with Crippen molar-refractivity contribution in [3.05, 3.63) is 71.9 Å². The van der Waals surface area contributed by atoms with Crippen molar-refractivity contribution in [1.82, 2.24) is 9.88 Å². The highest BCUT2D eigenvalue weighted by Crippen LogP contribution is 2.26. The lowest BCUT2D eigenvalue weighted by Gasteiger charge is -2.36. The number of piperidine rings is 1. The number of likely N-dealkylation sites (tertiary alicyclic amines) is 1. The van der Waals surface area contributed by atoms with E-state index >= 15 is 0 Å². The molecule has 1 N–H and O–H groups in total. The number of hydrogen-bond donors (Lipinski definition) is 1. The van der Waals surface area contributed by atoms with Gasteiger partial charge in [0.15, 0.2) is 0 Å². The molecule has 0 unspecified atom stereocenters. The number of aromatic hydroxyl groups is 1. The van der Waals surface area contributed by atoms with E-state index in [0.717, 1.165) is 49.6 Å². The fourth-order valence-corrected chi connectivity index (χ4v) is 4.00. The Morgan fingerprint density at radius 2 is 1.89 bits per heavy atom. The average Bonchev–Trinajstić information content (AvgIpc) is 2.73. The number of phenolic OH excluding ortho intramolecular Hbond substituents is 1. The van der Waals surface area contributed by atoms with Gasteiger partial charge in [0.2, 0.25) is 0 Å². The first-order valence-corrected chi connectivity index (χ1v) is 9.65. The summed E-state index contributed by atoms with van der Waals surface area (Å²) in [5, 5.41) is 10.4. The highest BCUT2D eigenvalue weighted by Gasteiger charge is 2.28. The van der Waals surface area contributed by atoms with Gasteiger partial charge in [0, 0.05) is 24.2 Å². The van der Waals surface area contributed by atoms with E-state index in [0.29, 0.717) is 5.56 Å². The Hall–Kier alpha value is -2.88. The molecule has 1 fully saturated rings. The molecular formula is C23H24N2O2. The number of phenols is 1. The van der Waals surface area contributed by atoms with E-state index in [1.807, 2.05) is 47.4 Å². The zero-order chi connectivity index (χ0) is 18.6. The third-order valence-electron chi connectivity index (χ3n) is 5.45. The summed E-state index contributed by atoms with van der Waals surface area (Å²) >= 11 is 0. The molecule has 4 nitrogen and oxygen atoms in total. The molecule has 0 aliphatic carbocycles. The Morgan fingerprint density at radius 3 is 2.74 bits per heavy atom. The molecule has 1 saturated heterocycles. The zero-order valence-corrected chi connectivity index (χ0v) is 15.3. The standard InChI is InChI=1S/C23H24N2O2/c26-20-13-10-17(11-14-20)9-12-19-7-1-2-16-25(19)23(27)21-8-3-5-18-6-4-15-24-22(18)21/h3-6,8,10-11,13-15,19,26H,1-2,7,9,12,16H2/t19-/m1/s1. The fourth-order valence-electron chi connectivity index (χ4n) is 4.00. The number of carbonyl (C=O) groups excluding carboxylic acids is 1. The number of carbonyl (C=O) groups is 1. The van der Waals surface area contributed by atoms with Crippen LogP contribution < -0.4 is 0 Å². The normalized spacial score (nSPS) is 17.2. The number of para-hydroxylation sites is 1. The number of hydrogen-bond acceptors (Lipinski definition) is 3. The molecule has 0 bridgehead atoms. The number of fused-ring (bicyclic) bond motifs is 1. The molecule has 1 aromatic heterocycles. The molecule has 0 saturated carbocycles. The topological polar surface area (TPSA) is 53.4 Å². The minimum Gasteiger partial charge on any atom is -0.508 e. The molecule has 1 aliphatic rings. The Morgan fingerprint density at radius 1 is 1.07 bits per heavy atom. The quantitative estimate of drug-likeness (QED) is 0.742. The second-order valence-corrected chi connectivity index (χ2v) is 7.23. The highest BCUT2D eigenvalue weighted by atomic mass is 16.3. The number of amides is 1. The van der Waals surface area contributed by atoms with Gasteiger partial charge in [0.25, 0.3) is 5.91 Å². The van der Waals surface area contributed by atoms with Crippen LogP contribution in [0.15, 0.2) is 60.8 Å². The lowest BCUT2D eigenvalue weighted by Crippen LogP contribution is -2.44. The van der Waals surface area contributed by atoms with Crippen LogP contribution in [-0.2, 0) is 6.42 Å². The van der Waals surface area contributed by atoms with Crippen LogP contribution >= 0.6 is 0 Å². The van der Waals surface area contributed by atoms with Gasteiger partial charge < -0.3 is 10.0 Å². The van der Waals surface area contributed by atoms with Gasteiger partial charge in [-0.2, -0.15) is 0 Å². The van der Waals surface area contributed by atoms with Gasteiger partial charge in [0.05, 0.1) is 11.1 Å². The summed E-state index contributed by atoms with van der Waals surface area (Å²) in [5.41, 5.74) is 2.68. The summed E-state index contributed by atoms with van der Waals surface area (Å²) in [4.78, 5) is 19.8. The van der Waals surface area contributed by atoms with Gasteiger partial charge in [-0.05, 0) is 61.9 Å². The molecule has 138 valence electrons. The van der Waals surface area contributed by atoms with Crippen LogP contribution in [0.25, 0.3) is 10.9 Å². The molecule has 1 amide bonds. The van der Waals surface area contributed by atoms with Crippen molar-refractivity contribution < 1.29 is 9.90 Å². The van der Waals surface area contributed by atoms with Crippen LogP contribution in [0.5, 0.6) is 5.75 Å². The fraction of sp³-hybridized carbons (Fsp3) is 0.304. The van der Waals surface area contributed by atoms with E-state index < -0.39 is 0 Å². The molecule has 1 aliphatic heterocycles. The minimum absolute atomic E-state index is 0.0923. The summed E-state index contributed by atoms with van der Waals surface area (Å²) in [6.45, 7) is 0.808. The van der Waals surface area contributed by atoms with Crippen molar-refractivity contribution >= 4 is 16.8 Å². The summed E-state index contributed by atoms with van der Waals surface area (Å²) < 4.78 is 0. The van der Waals surface area contributed by atoms with Gasteiger partial charge in [0.1, 0.15) is 5.75 Å². The molecule has 2 heterocycles. The van der Waals surface area contributed by atoms with Gasteiger partial charge >= 0.3 is 0 Å². The number of aromatic nitrogens is 1. The lowest BCUT2D eigenvalue weighted by atomic mass is 9.94. The molecule has 3 aromatic rings. The smallest absolute Gasteiger partial charge is 0.256 e. The predicted octanol–water partition coefficient (Wildman–Crippen LogP) is 4.57. The molecule has 1 atom stereocenters. The van der Waals surface area contributed by atoms with E-state index in [9.17, 15) is 9.90 Å². The van der Waals surface area contributed by atoms with Crippen LogP contribution in [0.4, 0.5) is 0 Å². The molecule has 4 rings (SSSR count). The summed E-state index contributed by atoms with van der Waals surface area (Å²) in [6.07, 6.45) is 6.86. The van der Waals surface area contributed by atoms with Gasteiger partial charge in [-0.1, -0.05) is 30.3 Å². The second-order valence-electron chi connectivity index (χ2n) is 7.23. The molecule has 27 heavy (non-hydrogen) atoms. The average molecular weight is 360 g/mol. The maximum Gasteiger partial charge on any atom is 0.256 e. The predicted molar refractivity (Wildman–Crippen MR) is 107 cm³/mol. The second kappa shape index (κ2) is 7.78. The first kappa shape index (κ1) is 17.5. The van der Waals surface area contributed by atoms with Crippen LogP contribution in [0.1, 0.15) is 41.6 Å². The van der Waals surface area contributed by atoms with Crippen molar-refractivity contribution in [2.75, 3.05) is 6.54 Å². The molecule has 0 radical (unpaired) electrons. The van der Waals surface area contributed by atoms with Crippen molar-refractivity contribution in [3.8, 4) is 5.75 Å². The zero-order valence-electron chi connectivity index (χ0n) is 15.3. The van der Waals surface area contributed by atoms with Crippen LogP contribution in [-0.4, -0.2) is 33.5 Å². The first-order valence-electron chi connectivity index (χ1n) is 9.65. The van der Waals surface area contributed by atoms with E-state index in [1.54, 1.807) is 18.3 Å². The summed E-state index contributed by atoms with van der Waals surface area (Å²) in [7, 11) is 0. The number of aryl methyl sites for hydroxylation is 1. The Bertz CT molecular complexity index is 931. The maximum atomic E-state index is 13.3. The minimum atomic E-state index is 0.0923. The number of benzene rings is 2. The van der Waals surface area contributed by atoms with Crippen LogP contribution in [0, 0.1) is 0 Å². The molecule has 2 aromatic carbocycles. The van der Waals surface area contributed by atoms with E-state index in [4.69, 9.17) is 0 Å². The monoisotopic (exact) mass is 360 g/mol. The first-order chi connectivity index (χ1) is 13.2. The largest absolute Gasteiger partial charge is 0.508 e. The number of nitrogens with zero attached hydrogens (tertiary/aromatic N) is 2. The van der Waals surface area contributed by atoms with E-state index in [2.05, 4.69) is 4.98 Å². The molecule has 0 spiro atoms. The summed E-state index contributed by atoms with van der Waals surface area (Å²) in [5.74, 6) is 0.381. The van der Waals surface area contributed by atoms with Gasteiger partial charge in [-0.25, -0.2) is 0 Å². The SMILES string of the molecule is O=C(c1cccc2cccnc12)N1CCCC[C@@H]1CCc1ccc(O)cc1. The third-order valence-corrected chi connectivity index (χ3v) is 5.45. The Balaban J connectivity index is 1.54. The van der Waals surface area contributed by atoms with E-state index in [1.165, 1.54) is 5.56 Å². The van der Waals surface area contributed by atoms with Crippen LogP contribution in [0.2, 0.25) is 0 Å². The van der Waals surface area contributed by atoms with Crippen molar-refractivity contribution in [2.24, 2.45) is 0 Å². The maximum absolute atomic E-state index is 13.3. The van der Waals surface area contributed by atoms with Crippen LogP contribution in [0.3, 0.4) is 0 Å². The number of pyridine rings is 1. The van der Waals surface area contributed by atoms with Crippen molar-refractivity contribution in [1.29, 1.82) is 0 Å². The number of rotatable bonds is 4. The van der Waals surface area contributed by atoms with E-state index in [-0.39, 0.29) is 17.7 Å². The molecular weight excluding hydrogens is 336 g/mol. The molecule has 4 heteroatoms. The van der Waals surface area contributed by atoms with Gasteiger partial charge in [-0.15, -0.1) is 0 Å². The summed E-state index contributed by atoms with van der Waals surface area (Å²) in [6, 6.07) is 17.3. The Kier molecular flexibility index (Phi) is 5.05. The Labute approximate surface area is 159 Å². The highest BCUT2D eigenvalue weighted by molar-refractivity contribution is 6.05. The van der Waals surface area contributed by atoms with Crippen molar-refractivity contribution in [2.45, 2.75) is 38.1 Å². The van der Waals surface area contributed by atoms with Crippen molar-refractivity contribution in [3.63, 3.8) is 0 Å². The lowest BCUT2D eigenvalue weighted by molar-refractivity contribution is 0.0604.